The van der Waals surface area contributed by atoms with Crippen LogP contribution in [0.3, 0.4) is 0 Å². The van der Waals surface area contributed by atoms with Crippen LogP contribution in [0, 0.1) is 11.8 Å². The molecule has 80 valence electrons. The van der Waals surface area contributed by atoms with Crippen LogP contribution in [-0.2, 0) is 9.53 Å². The Hall–Kier alpha value is -0.570. The minimum Gasteiger partial charge on any atom is -0.461 e. The van der Waals surface area contributed by atoms with Crippen molar-refractivity contribution in [1.82, 2.24) is 4.90 Å². The van der Waals surface area contributed by atoms with Crippen LogP contribution in [0.1, 0.15) is 26.2 Å². The van der Waals surface area contributed by atoms with Crippen molar-refractivity contribution in [2.24, 2.45) is 11.8 Å². The molecule has 3 nitrogen and oxygen atoms in total. The van der Waals surface area contributed by atoms with Crippen LogP contribution >= 0.6 is 0 Å². The van der Waals surface area contributed by atoms with Gasteiger partial charge in [-0.1, -0.05) is 6.92 Å². The first kappa shape index (κ1) is 9.97. The third kappa shape index (κ3) is 2.08. The molecule has 1 heterocycles. The molecule has 0 radical (unpaired) electrons. The number of ether oxygens (including phenoxy) is 1. The van der Waals surface area contributed by atoms with Gasteiger partial charge < -0.3 is 9.64 Å². The smallest absolute Gasteiger partial charge is 0.309 e. The molecule has 1 saturated carbocycles. The molecule has 3 heteroatoms. The Balaban J connectivity index is 1.72. The minimum absolute atomic E-state index is 0.0448. The highest BCUT2D eigenvalue weighted by Gasteiger charge is 2.34. The van der Waals surface area contributed by atoms with Crippen molar-refractivity contribution in [2.45, 2.75) is 32.3 Å². The molecule has 2 fully saturated rings. The highest BCUT2D eigenvalue weighted by molar-refractivity contribution is 5.73. The van der Waals surface area contributed by atoms with Gasteiger partial charge in [-0.3, -0.25) is 4.79 Å². The van der Waals surface area contributed by atoms with E-state index < -0.39 is 0 Å². The molecule has 14 heavy (non-hydrogen) atoms. The van der Waals surface area contributed by atoms with E-state index in [-0.39, 0.29) is 18.0 Å². The number of hydrogen-bond donors (Lipinski definition) is 0. The highest BCUT2D eigenvalue weighted by atomic mass is 16.5. The number of nitrogens with zero attached hydrogens (tertiary/aromatic N) is 1. The molecule has 1 saturated heterocycles. The van der Waals surface area contributed by atoms with Crippen LogP contribution in [0.4, 0.5) is 0 Å². The van der Waals surface area contributed by atoms with Gasteiger partial charge in [0.05, 0.1) is 5.92 Å². The maximum atomic E-state index is 11.6. The minimum atomic E-state index is 0.0448. The van der Waals surface area contributed by atoms with E-state index in [0.29, 0.717) is 0 Å². The fraction of sp³-hybridized carbons (Fsp3) is 0.909. The molecule has 0 N–H and O–H groups in total. The summed E-state index contributed by atoms with van der Waals surface area (Å²) in [6.07, 6.45) is 3.22. The van der Waals surface area contributed by atoms with E-state index in [4.69, 9.17) is 4.74 Å². The van der Waals surface area contributed by atoms with Crippen LogP contribution in [0.5, 0.6) is 0 Å². The first-order valence-corrected chi connectivity index (χ1v) is 5.54. The topological polar surface area (TPSA) is 29.5 Å². The van der Waals surface area contributed by atoms with Crippen molar-refractivity contribution in [1.29, 1.82) is 0 Å². The fourth-order valence-corrected chi connectivity index (χ4v) is 2.35. The third-order valence-electron chi connectivity index (χ3n) is 3.34. The lowest BCUT2D eigenvalue weighted by atomic mass is 9.76. The average Bonchev–Trinajstić information content (AvgIpc) is 2.45. The monoisotopic (exact) mass is 197 g/mol. The lowest BCUT2D eigenvalue weighted by Gasteiger charge is -2.31. The number of carbonyl (C=O) groups is 1. The van der Waals surface area contributed by atoms with Crippen molar-refractivity contribution >= 4 is 5.97 Å². The summed E-state index contributed by atoms with van der Waals surface area (Å²) in [5, 5.41) is 0. The molecule has 2 rings (SSSR count). The second-order valence-electron chi connectivity index (χ2n) is 4.88. The molecular formula is C11H19NO2. The summed E-state index contributed by atoms with van der Waals surface area (Å²) in [7, 11) is 2.07. The Morgan fingerprint density at radius 3 is 2.64 bits per heavy atom. The number of likely N-dealkylation sites (N-methyl/N-ethyl adjacent to an activating group) is 1. The van der Waals surface area contributed by atoms with E-state index in [1.807, 2.05) is 0 Å². The second kappa shape index (κ2) is 3.89. The Morgan fingerprint density at radius 2 is 2.14 bits per heavy atom. The van der Waals surface area contributed by atoms with E-state index in [1.54, 1.807) is 0 Å². The third-order valence-corrected chi connectivity index (χ3v) is 3.34. The molecular weight excluding hydrogens is 178 g/mol. The van der Waals surface area contributed by atoms with Crippen molar-refractivity contribution in [3.05, 3.63) is 0 Å². The Labute approximate surface area is 85.4 Å². The van der Waals surface area contributed by atoms with Gasteiger partial charge in [0, 0.05) is 13.1 Å². The van der Waals surface area contributed by atoms with Crippen molar-refractivity contribution in [2.75, 3.05) is 20.1 Å². The molecule has 0 bridgehead atoms. The summed E-state index contributed by atoms with van der Waals surface area (Å²) < 4.78 is 5.45. The summed E-state index contributed by atoms with van der Waals surface area (Å²) in [5.41, 5.74) is 0. The molecule has 1 atom stereocenters. The van der Waals surface area contributed by atoms with Gasteiger partial charge in [-0.2, -0.15) is 0 Å². The van der Waals surface area contributed by atoms with Crippen molar-refractivity contribution < 1.29 is 9.53 Å². The SMILES string of the molecule is CC1CC(C(=O)O[C@H]2CCN(C)C2)C1. The van der Waals surface area contributed by atoms with Crippen LogP contribution in [0.25, 0.3) is 0 Å². The van der Waals surface area contributed by atoms with Gasteiger partial charge in [0.1, 0.15) is 6.10 Å². The lowest BCUT2D eigenvalue weighted by molar-refractivity contribution is -0.158. The van der Waals surface area contributed by atoms with Gasteiger partial charge in [0.15, 0.2) is 0 Å². The molecule has 1 aliphatic heterocycles. The fourth-order valence-electron chi connectivity index (χ4n) is 2.35. The predicted octanol–water partition coefficient (Wildman–Crippen LogP) is 1.28. The zero-order valence-electron chi connectivity index (χ0n) is 9.03. The number of hydrogen-bond acceptors (Lipinski definition) is 3. The van der Waals surface area contributed by atoms with Crippen LogP contribution in [0.15, 0.2) is 0 Å². The Kier molecular flexibility index (Phi) is 2.77. The van der Waals surface area contributed by atoms with E-state index in [0.717, 1.165) is 38.3 Å². The molecule has 0 amide bonds. The van der Waals surface area contributed by atoms with E-state index in [2.05, 4.69) is 18.9 Å². The maximum Gasteiger partial charge on any atom is 0.309 e. The van der Waals surface area contributed by atoms with Gasteiger partial charge in [-0.15, -0.1) is 0 Å². The quantitative estimate of drug-likeness (QED) is 0.625. The number of esters is 1. The summed E-state index contributed by atoms with van der Waals surface area (Å²) in [6.45, 7) is 4.15. The van der Waals surface area contributed by atoms with Crippen LogP contribution in [-0.4, -0.2) is 37.1 Å². The molecule has 0 aromatic heterocycles. The van der Waals surface area contributed by atoms with Gasteiger partial charge in [-0.25, -0.2) is 0 Å². The number of carbonyl (C=O) groups excluding carboxylic acids is 1. The predicted molar refractivity (Wildman–Crippen MR) is 53.9 cm³/mol. The zero-order valence-corrected chi connectivity index (χ0v) is 9.03. The standard InChI is InChI=1S/C11H19NO2/c1-8-5-9(6-8)11(13)14-10-3-4-12(2)7-10/h8-10H,3-7H2,1-2H3/t8?,9?,10-/m0/s1. The van der Waals surface area contributed by atoms with Gasteiger partial charge in [0.2, 0.25) is 0 Å². The zero-order chi connectivity index (χ0) is 10.1. The lowest BCUT2D eigenvalue weighted by Crippen LogP contribution is -2.33. The van der Waals surface area contributed by atoms with Gasteiger partial charge >= 0.3 is 5.97 Å². The highest BCUT2D eigenvalue weighted by Crippen LogP contribution is 2.34. The number of likely N-dealkylation sites (tertiary alicyclic amines) is 1. The summed E-state index contributed by atoms with van der Waals surface area (Å²) in [5.74, 6) is 0.970. The van der Waals surface area contributed by atoms with Crippen molar-refractivity contribution in [3.63, 3.8) is 0 Å². The van der Waals surface area contributed by atoms with Gasteiger partial charge in [0.25, 0.3) is 0 Å². The molecule has 0 unspecified atom stereocenters. The molecule has 0 aromatic carbocycles. The first-order valence-electron chi connectivity index (χ1n) is 5.54. The number of rotatable bonds is 2. The maximum absolute atomic E-state index is 11.6. The van der Waals surface area contributed by atoms with Crippen LogP contribution in [0.2, 0.25) is 0 Å². The van der Waals surface area contributed by atoms with Crippen LogP contribution < -0.4 is 0 Å². The molecule has 0 aromatic rings. The Bertz CT molecular complexity index is 223. The second-order valence-corrected chi connectivity index (χ2v) is 4.88. The van der Waals surface area contributed by atoms with E-state index in [1.165, 1.54) is 0 Å². The molecule has 2 aliphatic rings. The summed E-state index contributed by atoms with van der Waals surface area (Å²) in [4.78, 5) is 13.8. The average molecular weight is 197 g/mol. The van der Waals surface area contributed by atoms with Gasteiger partial charge in [-0.05, 0) is 32.2 Å². The molecule has 1 aliphatic carbocycles. The van der Waals surface area contributed by atoms with Crippen molar-refractivity contribution in [3.8, 4) is 0 Å². The largest absolute Gasteiger partial charge is 0.461 e. The Morgan fingerprint density at radius 1 is 1.43 bits per heavy atom. The molecule has 0 spiro atoms. The van der Waals surface area contributed by atoms with E-state index >= 15 is 0 Å². The normalized spacial score (nSPS) is 38.0. The summed E-state index contributed by atoms with van der Waals surface area (Å²) in [6, 6.07) is 0. The summed E-state index contributed by atoms with van der Waals surface area (Å²) >= 11 is 0. The van der Waals surface area contributed by atoms with E-state index in [9.17, 15) is 4.79 Å². The first-order chi connectivity index (χ1) is 6.65.